The lowest BCUT2D eigenvalue weighted by Crippen LogP contribution is -2.32. The molecule has 0 aliphatic rings. The van der Waals surface area contributed by atoms with Crippen LogP contribution >= 0.6 is 15.9 Å². The first-order valence-corrected chi connectivity index (χ1v) is 6.83. The van der Waals surface area contributed by atoms with Gasteiger partial charge in [-0.05, 0) is 42.1 Å². The average molecular weight is 302 g/mol. The summed E-state index contributed by atoms with van der Waals surface area (Å²) in [5.41, 5.74) is 1.06. The molecular formula is C14H21BrFN. The SMILES string of the molecule is CCCNC(c1cc(F)cc(Br)c1)C(C)(C)C. The van der Waals surface area contributed by atoms with Crippen molar-refractivity contribution in [1.82, 2.24) is 5.32 Å². The maximum Gasteiger partial charge on any atom is 0.124 e. The summed E-state index contributed by atoms with van der Waals surface area (Å²) in [6.07, 6.45) is 1.07. The van der Waals surface area contributed by atoms with Gasteiger partial charge in [-0.25, -0.2) is 4.39 Å². The van der Waals surface area contributed by atoms with E-state index >= 15 is 0 Å². The Labute approximate surface area is 112 Å². The Morgan fingerprint density at radius 2 is 1.94 bits per heavy atom. The van der Waals surface area contributed by atoms with Gasteiger partial charge in [0.15, 0.2) is 0 Å². The minimum absolute atomic E-state index is 0.0579. The Kier molecular flexibility index (Phi) is 5.14. The molecule has 0 heterocycles. The smallest absolute Gasteiger partial charge is 0.124 e. The van der Waals surface area contributed by atoms with Gasteiger partial charge in [-0.2, -0.15) is 0 Å². The molecule has 3 heteroatoms. The molecule has 0 amide bonds. The molecule has 1 unspecified atom stereocenters. The molecule has 0 radical (unpaired) electrons. The minimum atomic E-state index is -0.193. The molecule has 0 bridgehead atoms. The lowest BCUT2D eigenvalue weighted by molar-refractivity contribution is 0.272. The van der Waals surface area contributed by atoms with Crippen molar-refractivity contribution in [1.29, 1.82) is 0 Å². The third-order valence-electron chi connectivity index (χ3n) is 2.68. The molecule has 0 saturated heterocycles. The van der Waals surface area contributed by atoms with Gasteiger partial charge in [0.1, 0.15) is 5.82 Å². The van der Waals surface area contributed by atoms with Crippen LogP contribution in [0.1, 0.15) is 45.7 Å². The van der Waals surface area contributed by atoms with Crippen molar-refractivity contribution >= 4 is 15.9 Å². The Balaban J connectivity index is 3.03. The number of hydrogen-bond donors (Lipinski definition) is 1. The molecule has 1 N–H and O–H groups in total. The summed E-state index contributed by atoms with van der Waals surface area (Å²) in [5, 5.41) is 3.49. The Hall–Kier alpha value is -0.410. The van der Waals surface area contributed by atoms with Crippen LogP contribution in [0.15, 0.2) is 22.7 Å². The lowest BCUT2D eigenvalue weighted by Gasteiger charge is -2.32. The zero-order valence-corrected chi connectivity index (χ0v) is 12.6. The summed E-state index contributed by atoms with van der Waals surface area (Å²) in [7, 11) is 0. The van der Waals surface area contributed by atoms with Crippen molar-refractivity contribution in [3.8, 4) is 0 Å². The van der Waals surface area contributed by atoms with E-state index in [9.17, 15) is 4.39 Å². The van der Waals surface area contributed by atoms with Crippen LogP contribution in [0.4, 0.5) is 4.39 Å². The van der Waals surface area contributed by atoms with E-state index in [1.54, 1.807) is 6.07 Å². The molecule has 96 valence electrons. The van der Waals surface area contributed by atoms with E-state index in [1.807, 2.05) is 6.07 Å². The lowest BCUT2D eigenvalue weighted by atomic mass is 9.82. The van der Waals surface area contributed by atoms with Crippen molar-refractivity contribution in [3.05, 3.63) is 34.1 Å². The van der Waals surface area contributed by atoms with E-state index in [2.05, 4.69) is 48.9 Å². The number of rotatable bonds is 4. The summed E-state index contributed by atoms with van der Waals surface area (Å²) in [6, 6.07) is 5.25. The summed E-state index contributed by atoms with van der Waals surface area (Å²) >= 11 is 3.35. The van der Waals surface area contributed by atoms with Gasteiger partial charge >= 0.3 is 0 Å². The number of hydrogen-bond acceptors (Lipinski definition) is 1. The second-order valence-electron chi connectivity index (χ2n) is 5.46. The summed E-state index contributed by atoms with van der Waals surface area (Å²) < 4.78 is 14.2. The molecule has 1 aromatic rings. The topological polar surface area (TPSA) is 12.0 Å². The molecule has 0 aliphatic heterocycles. The summed E-state index contributed by atoms with van der Waals surface area (Å²) in [4.78, 5) is 0. The largest absolute Gasteiger partial charge is 0.309 e. The van der Waals surface area contributed by atoms with Gasteiger partial charge in [-0.15, -0.1) is 0 Å². The monoisotopic (exact) mass is 301 g/mol. The summed E-state index contributed by atoms with van der Waals surface area (Å²) in [5.74, 6) is -0.193. The van der Waals surface area contributed by atoms with Gasteiger partial charge in [-0.1, -0.05) is 43.6 Å². The van der Waals surface area contributed by atoms with E-state index in [4.69, 9.17) is 0 Å². The molecule has 0 fully saturated rings. The van der Waals surface area contributed by atoms with Crippen molar-refractivity contribution in [2.45, 2.75) is 40.2 Å². The van der Waals surface area contributed by atoms with Gasteiger partial charge in [-0.3, -0.25) is 0 Å². The normalized spacial score (nSPS) is 13.8. The van der Waals surface area contributed by atoms with Crippen LogP contribution in [0.5, 0.6) is 0 Å². The third-order valence-corrected chi connectivity index (χ3v) is 3.14. The Morgan fingerprint density at radius 3 is 2.41 bits per heavy atom. The molecule has 0 saturated carbocycles. The fraction of sp³-hybridized carbons (Fsp3) is 0.571. The first-order chi connectivity index (χ1) is 7.84. The van der Waals surface area contributed by atoms with Crippen molar-refractivity contribution in [3.63, 3.8) is 0 Å². The molecule has 17 heavy (non-hydrogen) atoms. The van der Waals surface area contributed by atoms with Crippen LogP contribution in [-0.4, -0.2) is 6.54 Å². The second-order valence-corrected chi connectivity index (χ2v) is 6.37. The highest BCUT2D eigenvalue weighted by molar-refractivity contribution is 9.10. The molecule has 0 aliphatic carbocycles. The van der Waals surface area contributed by atoms with Crippen LogP contribution in [0.2, 0.25) is 0 Å². The number of nitrogens with one attached hydrogen (secondary N) is 1. The highest BCUT2D eigenvalue weighted by Gasteiger charge is 2.26. The molecule has 1 rings (SSSR count). The molecular weight excluding hydrogens is 281 g/mol. The van der Waals surface area contributed by atoms with E-state index in [0.29, 0.717) is 0 Å². The van der Waals surface area contributed by atoms with E-state index in [-0.39, 0.29) is 17.3 Å². The first-order valence-electron chi connectivity index (χ1n) is 6.04. The number of benzene rings is 1. The van der Waals surface area contributed by atoms with Gasteiger partial charge in [0.05, 0.1) is 0 Å². The van der Waals surface area contributed by atoms with Gasteiger partial charge in [0, 0.05) is 10.5 Å². The van der Waals surface area contributed by atoms with Gasteiger partial charge in [0.2, 0.25) is 0 Å². The minimum Gasteiger partial charge on any atom is -0.309 e. The molecule has 1 aromatic carbocycles. The molecule has 0 spiro atoms. The second kappa shape index (κ2) is 5.96. The fourth-order valence-electron chi connectivity index (χ4n) is 1.95. The standard InChI is InChI=1S/C14H21BrFN/c1-5-6-17-13(14(2,3)4)10-7-11(15)9-12(16)8-10/h7-9,13,17H,5-6H2,1-4H3. The molecule has 0 aromatic heterocycles. The predicted octanol–water partition coefficient (Wildman–Crippen LogP) is 4.68. The predicted molar refractivity (Wildman–Crippen MR) is 74.6 cm³/mol. The van der Waals surface area contributed by atoms with Gasteiger partial charge < -0.3 is 5.32 Å². The van der Waals surface area contributed by atoms with Crippen LogP contribution in [0, 0.1) is 11.2 Å². The Morgan fingerprint density at radius 1 is 1.29 bits per heavy atom. The van der Waals surface area contributed by atoms with Crippen molar-refractivity contribution in [2.24, 2.45) is 5.41 Å². The maximum absolute atomic E-state index is 13.4. The highest BCUT2D eigenvalue weighted by atomic mass is 79.9. The quantitative estimate of drug-likeness (QED) is 0.852. The van der Waals surface area contributed by atoms with E-state index in [1.165, 1.54) is 6.07 Å². The van der Waals surface area contributed by atoms with Crippen LogP contribution in [0.25, 0.3) is 0 Å². The zero-order valence-electron chi connectivity index (χ0n) is 11.0. The van der Waals surface area contributed by atoms with Crippen LogP contribution in [-0.2, 0) is 0 Å². The van der Waals surface area contributed by atoms with Gasteiger partial charge in [0.25, 0.3) is 0 Å². The number of halogens is 2. The maximum atomic E-state index is 13.4. The third kappa shape index (κ3) is 4.40. The average Bonchev–Trinajstić information content (AvgIpc) is 2.14. The summed E-state index contributed by atoms with van der Waals surface area (Å²) in [6.45, 7) is 9.57. The van der Waals surface area contributed by atoms with Crippen LogP contribution in [0.3, 0.4) is 0 Å². The highest BCUT2D eigenvalue weighted by Crippen LogP contribution is 2.34. The molecule has 1 atom stereocenters. The van der Waals surface area contributed by atoms with Crippen molar-refractivity contribution in [2.75, 3.05) is 6.54 Å². The Bertz CT molecular complexity index is 351. The van der Waals surface area contributed by atoms with E-state index < -0.39 is 0 Å². The van der Waals surface area contributed by atoms with Crippen LogP contribution < -0.4 is 5.32 Å². The fourth-order valence-corrected chi connectivity index (χ4v) is 2.44. The molecule has 1 nitrogen and oxygen atoms in total. The van der Waals surface area contributed by atoms with Crippen molar-refractivity contribution < 1.29 is 4.39 Å². The van der Waals surface area contributed by atoms with E-state index in [0.717, 1.165) is 23.0 Å². The first kappa shape index (κ1) is 14.7. The zero-order chi connectivity index (χ0) is 13.1.